The second kappa shape index (κ2) is 6.85. The van der Waals surface area contributed by atoms with Crippen molar-refractivity contribution in [1.29, 1.82) is 0 Å². The van der Waals surface area contributed by atoms with Crippen molar-refractivity contribution in [2.45, 2.75) is 32.7 Å². The first-order valence-electron chi connectivity index (χ1n) is 8.15. The predicted octanol–water partition coefficient (Wildman–Crippen LogP) is 3.43. The number of aryl methyl sites for hydroxylation is 3. The van der Waals surface area contributed by atoms with Gasteiger partial charge in [-0.1, -0.05) is 29.3 Å². The van der Waals surface area contributed by atoms with E-state index < -0.39 is 0 Å². The van der Waals surface area contributed by atoms with Gasteiger partial charge in [0.1, 0.15) is 10.9 Å². The van der Waals surface area contributed by atoms with Gasteiger partial charge in [0.15, 0.2) is 6.61 Å². The summed E-state index contributed by atoms with van der Waals surface area (Å²) in [4.78, 5) is 14.5. The van der Waals surface area contributed by atoms with Crippen LogP contribution in [0, 0.1) is 13.8 Å². The molecule has 3 rings (SSSR count). The van der Waals surface area contributed by atoms with Crippen molar-refractivity contribution in [3.63, 3.8) is 0 Å². The van der Waals surface area contributed by atoms with Crippen LogP contribution in [0.4, 0.5) is 0 Å². The Labute approximate surface area is 147 Å². The molecule has 1 atom stereocenters. The summed E-state index contributed by atoms with van der Waals surface area (Å²) in [5.74, 6) is 0.692. The molecule has 128 valence electrons. The zero-order valence-corrected chi connectivity index (χ0v) is 15.0. The van der Waals surface area contributed by atoms with Crippen LogP contribution < -0.4 is 4.74 Å². The number of aromatic nitrogens is 2. The molecule has 1 amide bonds. The summed E-state index contributed by atoms with van der Waals surface area (Å²) < 4.78 is 7.30. The predicted molar refractivity (Wildman–Crippen MR) is 93.3 cm³/mol. The minimum Gasteiger partial charge on any atom is -0.484 e. The van der Waals surface area contributed by atoms with Gasteiger partial charge < -0.3 is 9.64 Å². The van der Waals surface area contributed by atoms with Gasteiger partial charge in [0, 0.05) is 19.2 Å². The van der Waals surface area contributed by atoms with Crippen LogP contribution in [0.5, 0.6) is 5.75 Å². The lowest BCUT2D eigenvalue weighted by Gasteiger charge is -2.25. The van der Waals surface area contributed by atoms with Gasteiger partial charge in [-0.25, -0.2) is 0 Å². The number of carbonyl (C=O) groups is 1. The summed E-state index contributed by atoms with van der Waals surface area (Å²) in [6.07, 6.45) is 1.87. The lowest BCUT2D eigenvalue weighted by atomic mass is 10.1. The number of halogens is 1. The maximum atomic E-state index is 12.6. The molecule has 2 heterocycles. The van der Waals surface area contributed by atoms with Gasteiger partial charge >= 0.3 is 0 Å². The third kappa shape index (κ3) is 3.26. The Morgan fingerprint density at radius 1 is 1.33 bits per heavy atom. The number of hydrogen-bond acceptors (Lipinski definition) is 3. The molecule has 24 heavy (non-hydrogen) atoms. The average Bonchev–Trinajstić information content (AvgIpc) is 3.11. The summed E-state index contributed by atoms with van der Waals surface area (Å²) in [6.45, 7) is 4.72. The monoisotopic (exact) mass is 347 g/mol. The fraction of sp³-hybridized carbons (Fsp3) is 0.444. The zero-order chi connectivity index (χ0) is 17.3. The lowest BCUT2D eigenvalue weighted by Crippen LogP contribution is -2.34. The SMILES string of the molecule is Cc1ccc(OCC(=O)N2CCC[C@@H]2c2c(C)nn(C)c2Cl)cc1. The minimum atomic E-state index is -0.0163. The van der Waals surface area contributed by atoms with E-state index in [-0.39, 0.29) is 18.6 Å². The molecule has 1 aliphatic rings. The van der Waals surface area contributed by atoms with Gasteiger partial charge in [0.25, 0.3) is 5.91 Å². The smallest absolute Gasteiger partial charge is 0.261 e. The fourth-order valence-electron chi connectivity index (χ4n) is 3.25. The van der Waals surface area contributed by atoms with E-state index in [1.807, 2.05) is 50.1 Å². The lowest BCUT2D eigenvalue weighted by molar-refractivity contribution is -0.134. The van der Waals surface area contributed by atoms with Crippen LogP contribution in [0.2, 0.25) is 5.15 Å². The van der Waals surface area contributed by atoms with Crippen LogP contribution in [0.15, 0.2) is 24.3 Å². The van der Waals surface area contributed by atoms with Gasteiger partial charge in [-0.3, -0.25) is 9.48 Å². The number of carbonyl (C=O) groups excluding carboxylic acids is 1. The number of rotatable bonds is 4. The van der Waals surface area contributed by atoms with Crippen LogP contribution >= 0.6 is 11.6 Å². The third-order valence-corrected chi connectivity index (χ3v) is 4.93. The largest absolute Gasteiger partial charge is 0.484 e. The molecule has 5 nitrogen and oxygen atoms in total. The third-order valence-electron chi connectivity index (χ3n) is 4.49. The molecule has 0 spiro atoms. The van der Waals surface area contributed by atoms with Crippen molar-refractivity contribution in [2.75, 3.05) is 13.2 Å². The number of nitrogens with zero attached hydrogens (tertiary/aromatic N) is 3. The molecular weight excluding hydrogens is 326 g/mol. The van der Waals surface area contributed by atoms with Crippen LogP contribution in [0.25, 0.3) is 0 Å². The highest BCUT2D eigenvalue weighted by Crippen LogP contribution is 2.37. The molecule has 0 radical (unpaired) electrons. The standard InChI is InChI=1S/C18H22ClN3O2/c1-12-6-8-14(9-7-12)24-11-16(23)22-10-4-5-15(22)17-13(2)20-21(3)18(17)19/h6-9,15H,4-5,10-11H2,1-3H3/t15-/m1/s1. The number of benzene rings is 1. The summed E-state index contributed by atoms with van der Waals surface area (Å²) >= 11 is 6.38. The van der Waals surface area contributed by atoms with Crippen molar-refractivity contribution in [3.8, 4) is 5.75 Å². The molecule has 2 aromatic rings. The van der Waals surface area contributed by atoms with Crippen LogP contribution in [-0.4, -0.2) is 33.7 Å². The molecule has 1 aromatic heterocycles. The summed E-state index contributed by atoms with van der Waals surface area (Å²) in [7, 11) is 1.82. The Morgan fingerprint density at radius 2 is 2.04 bits per heavy atom. The quantitative estimate of drug-likeness (QED) is 0.851. The molecule has 0 N–H and O–H groups in total. The molecule has 1 saturated heterocycles. The van der Waals surface area contributed by atoms with E-state index in [0.717, 1.165) is 36.2 Å². The Hall–Kier alpha value is -2.01. The minimum absolute atomic E-state index is 0.0136. The second-order valence-electron chi connectivity index (χ2n) is 6.26. The molecule has 1 fully saturated rings. The van der Waals surface area contributed by atoms with Gasteiger partial charge in [-0.2, -0.15) is 5.10 Å². The van der Waals surface area contributed by atoms with Crippen LogP contribution in [0.1, 0.15) is 35.7 Å². The summed E-state index contributed by atoms with van der Waals surface area (Å²) in [5.41, 5.74) is 3.00. The van der Waals surface area contributed by atoms with E-state index in [9.17, 15) is 4.79 Å². The summed E-state index contributed by atoms with van der Waals surface area (Å²) in [6, 6.07) is 7.69. The number of likely N-dealkylation sites (tertiary alicyclic amines) is 1. The molecule has 1 aliphatic heterocycles. The highest BCUT2D eigenvalue weighted by molar-refractivity contribution is 6.30. The first kappa shape index (κ1) is 16.8. The maximum Gasteiger partial charge on any atom is 0.261 e. The molecule has 6 heteroatoms. The van der Waals surface area contributed by atoms with E-state index in [2.05, 4.69) is 5.10 Å². The highest BCUT2D eigenvalue weighted by Gasteiger charge is 2.34. The molecular formula is C18H22ClN3O2. The van der Waals surface area contributed by atoms with Crippen molar-refractivity contribution in [1.82, 2.24) is 14.7 Å². The Morgan fingerprint density at radius 3 is 2.67 bits per heavy atom. The topological polar surface area (TPSA) is 47.4 Å². The van der Waals surface area contributed by atoms with Crippen LogP contribution in [-0.2, 0) is 11.8 Å². The van der Waals surface area contributed by atoms with Crippen LogP contribution in [0.3, 0.4) is 0 Å². The van der Waals surface area contributed by atoms with Gasteiger partial charge in [-0.15, -0.1) is 0 Å². The Kier molecular flexibility index (Phi) is 4.81. The van der Waals surface area contributed by atoms with Crippen molar-refractivity contribution >= 4 is 17.5 Å². The van der Waals surface area contributed by atoms with Crippen molar-refractivity contribution < 1.29 is 9.53 Å². The second-order valence-corrected chi connectivity index (χ2v) is 6.62. The molecule has 0 bridgehead atoms. The van der Waals surface area contributed by atoms with Crippen molar-refractivity contribution in [2.24, 2.45) is 7.05 Å². The first-order valence-corrected chi connectivity index (χ1v) is 8.53. The molecule has 0 saturated carbocycles. The molecule has 0 aliphatic carbocycles. The zero-order valence-electron chi connectivity index (χ0n) is 14.3. The summed E-state index contributed by atoms with van der Waals surface area (Å²) in [5, 5.41) is 4.97. The van der Waals surface area contributed by atoms with E-state index in [1.54, 1.807) is 4.68 Å². The van der Waals surface area contributed by atoms with Crippen molar-refractivity contribution in [3.05, 3.63) is 46.2 Å². The van der Waals surface area contributed by atoms with E-state index in [1.165, 1.54) is 0 Å². The van der Waals surface area contributed by atoms with E-state index in [0.29, 0.717) is 10.9 Å². The van der Waals surface area contributed by atoms with E-state index >= 15 is 0 Å². The number of ether oxygens (including phenoxy) is 1. The Bertz CT molecular complexity index is 739. The fourth-order valence-corrected chi connectivity index (χ4v) is 3.55. The molecule has 0 unspecified atom stereocenters. The number of amides is 1. The highest BCUT2D eigenvalue weighted by atomic mass is 35.5. The average molecular weight is 348 g/mol. The normalized spacial score (nSPS) is 17.3. The van der Waals surface area contributed by atoms with Gasteiger partial charge in [0.05, 0.1) is 11.7 Å². The Balaban J connectivity index is 1.70. The van der Waals surface area contributed by atoms with Gasteiger partial charge in [-0.05, 0) is 38.8 Å². The first-order chi connectivity index (χ1) is 11.5. The van der Waals surface area contributed by atoms with E-state index in [4.69, 9.17) is 16.3 Å². The maximum absolute atomic E-state index is 12.6. The van der Waals surface area contributed by atoms with Gasteiger partial charge in [0.2, 0.25) is 0 Å². The molecule has 1 aromatic carbocycles. The number of hydrogen-bond donors (Lipinski definition) is 0.